The summed E-state index contributed by atoms with van der Waals surface area (Å²) >= 11 is 1.45. The van der Waals surface area contributed by atoms with Crippen molar-refractivity contribution in [1.82, 2.24) is 4.98 Å². The lowest BCUT2D eigenvalue weighted by Crippen LogP contribution is -2.14. The lowest BCUT2D eigenvalue weighted by atomic mass is 9.87. The van der Waals surface area contributed by atoms with E-state index in [2.05, 4.69) is 36.5 Å². The van der Waals surface area contributed by atoms with Crippen LogP contribution in [0.4, 0.5) is 10.8 Å². The Morgan fingerprint density at radius 3 is 2.44 bits per heavy atom. The number of carbonyl (C=O) groups excluding carboxylic acids is 1. The summed E-state index contributed by atoms with van der Waals surface area (Å²) in [6.07, 6.45) is 0. The van der Waals surface area contributed by atoms with E-state index < -0.39 is 0 Å². The van der Waals surface area contributed by atoms with Gasteiger partial charge >= 0.3 is 0 Å². The molecular formula is C19H22N4OS. The number of nitrogens with one attached hydrogen (secondary N) is 2. The third-order valence-corrected chi connectivity index (χ3v) is 5.01. The van der Waals surface area contributed by atoms with Crippen LogP contribution in [0.2, 0.25) is 0 Å². The van der Waals surface area contributed by atoms with Crippen molar-refractivity contribution in [3.63, 3.8) is 0 Å². The van der Waals surface area contributed by atoms with Crippen LogP contribution < -0.4 is 16.6 Å². The molecule has 0 fully saturated rings. The van der Waals surface area contributed by atoms with E-state index in [0.29, 0.717) is 10.7 Å². The second-order valence-corrected chi connectivity index (χ2v) is 8.12. The third kappa shape index (κ3) is 3.65. The zero-order valence-electron chi connectivity index (χ0n) is 14.8. The van der Waals surface area contributed by atoms with E-state index in [-0.39, 0.29) is 11.3 Å². The van der Waals surface area contributed by atoms with Crippen LogP contribution in [0.25, 0.3) is 10.2 Å². The largest absolute Gasteiger partial charge is 0.322 e. The highest BCUT2D eigenvalue weighted by Crippen LogP contribution is 2.31. The summed E-state index contributed by atoms with van der Waals surface area (Å²) in [7, 11) is 0. The minimum absolute atomic E-state index is 0.0675. The van der Waals surface area contributed by atoms with Crippen LogP contribution in [0.1, 0.15) is 42.3 Å². The molecule has 0 aliphatic heterocycles. The number of anilines is 2. The van der Waals surface area contributed by atoms with Crippen LogP contribution >= 0.6 is 11.3 Å². The van der Waals surface area contributed by atoms with E-state index in [1.54, 1.807) is 0 Å². The van der Waals surface area contributed by atoms with Gasteiger partial charge in [-0.05, 0) is 47.7 Å². The van der Waals surface area contributed by atoms with Crippen molar-refractivity contribution in [2.75, 3.05) is 10.7 Å². The van der Waals surface area contributed by atoms with Gasteiger partial charge in [0.1, 0.15) is 0 Å². The van der Waals surface area contributed by atoms with E-state index in [9.17, 15) is 4.79 Å². The van der Waals surface area contributed by atoms with E-state index in [0.717, 1.165) is 21.5 Å². The molecule has 3 aromatic rings. The minimum Gasteiger partial charge on any atom is -0.322 e. The molecule has 1 aromatic heterocycles. The molecule has 130 valence electrons. The van der Waals surface area contributed by atoms with Gasteiger partial charge in [-0.15, -0.1) is 0 Å². The number of thiazole rings is 1. The molecule has 1 amide bonds. The molecule has 5 nitrogen and oxygen atoms in total. The van der Waals surface area contributed by atoms with Gasteiger partial charge < -0.3 is 5.32 Å². The van der Waals surface area contributed by atoms with Crippen molar-refractivity contribution >= 4 is 38.3 Å². The fourth-order valence-electron chi connectivity index (χ4n) is 2.66. The van der Waals surface area contributed by atoms with Crippen LogP contribution in [0.3, 0.4) is 0 Å². The summed E-state index contributed by atoms with van der Waals surface area (Å²) in [5.41, 5.74) is 7.11. The molecule has 0 saturated heterocycles. The number of hydrogen-bond donors (Lipinski definition) is 3. The highest BCUT2D eigenvalue weighted by molar-refractivity contribution is 7.22. The normalized spacial score (nSPS) is 11.6. The maximum Gasteiger partial charge on any atom is 0.255 e. The predicted octanol–water partition coefficient (Wildman–Crippen LogP) is 4.44. The van der Waals surface area contributed by atoms with Gasteiger partial charge in [0.05, 0.1) is 10.2 Å². The number of hydrazine groups is 1. The van der Waals surface area contributed by atoms with Crippen LogP contribution in [0.5, 0.6) is 0 Å². The van der Waals surface area contributed by atoms with Crippen LogP contribution in [-0.2, 0) is 5.41 Å². The van der Waals surface area contributed by atoms with Gasteiger partial charge in [-0.25, -0.2) is 10.8 Å². The molecule has 0 unspecified atom stereocenters. The smallest absolute Gasteiger partial charge is 0.255 e. The highest BCUT2D eigenvalue weighted by Gasteiger charge is 2.15. The fourth-order valence-corrected chi connectivity index (χ4v) is 3.55. The molecule has 0 aliphatic carbocycles. The highest BCUT2D eigenvalue weighted by atomic mass is 32.1. The quantitative estimate of drug-likeness (QED) is 0.480. The Kier molecular flexibility index (Phi) is 4.49. The first kappa shape index (κ1) is 17.4. The van der Waals surface area contributed by atoms with Crippen LogP contribution in [0.15, 0.2) is 36.4 Å². The van der Waals surface area contributed by atoms with Crippen molar-refractivity contribution in [1.29, 1.82) is 0 Å². The van der Waals surface area contributed by atoms with E-state index in [1.165, 1.54) is 16.9 Å². The monoisotopic (exact) mass is 354 g/mol. The molecule has 1 heterocycles. The predicted molar refractivity (Wildman–Crippen MR) is 105 cm³/mol. The average molecular weight is 354 g/mol. The lowest BCUT2D eigenvalue weighted by molar-refractivity contribution is 0.102. The number of fused-ring (bicyclic) bond motifs is 1. The maximum absolute atomic E-state index is 12.5. The number of nitrogens with zero attached hydrogens (tertiary/aromatic N) is 1. The topological polar surface area (TPSA) is 80.0 Å². The molecule has 3 rings (SSSR count). The molecule has 0 aliphatic rings. The molecule has 0 spiro atoms. The van der Waals surface area contributed by atoms with E-state index >= 15 is 0 Å². The number of carbonyl (C=O) groups is 1. The van der Waals surface area contributed by atoms with Crippen molar-refractivity contribution in [3.8, 4) is 0 Å². The molecule has 2 aromatic carbocycles. The molecule has 0 bridgehead atoms. The van der Waals surface area contributed by atoms with Gasteiger partial charge in [0, 0.05) is 11.3 Å². The summed E-state index contributed by atoms with van der Waals surface area (Å²) in [4.78, 5) is 16.9. The van der Waals surface area contributed by atoms with Crippen molar-refractivity contribution in [3.05, 3.63) is 53.1 Å². The summed E-state index contributed by atoms with van der Waals surface area (Å²) in [6.45, 7) is 8.43. The molecule has 0 saturated carbocycles. The molecular weight excluding hydrogens is 332 g/mol. The number of hydrogen-bond acceptors (Lipinski definition) is 5. The van der Waals surface area contributed by atoms with Gasteiger partial charge in [-0.1, -0.05) is 44.2 Å². The number of amides is 1. The van der Waals surface area contributed by atoms with E-state index in [1.807, 2.05) is 43.3 Å². The Morgan fingerprint density at radius 2 is 1.84 bits per heavy atom. The molecule has 4 N–H and O–H groups in total. The average Bonchev–Trinajstić information content (AvgIpc) is 2.98. The summed E-state index contributed by atoms with van der Waals surface area (Å²) in [6, 6.07) is 11.6. The fraction of sp³-hybridized carbons (Fsp3) is 0.263. The van der Waals surface area contributed by atoms with Crippen LogP contribution in [0, 0.1) is 6.92 Å². The number of nitrogen functional groups attached to an aromatic ring is 1. The Hall–Kier alpha value is -2.44. The van der Waals surface area contributed by atoms with Crippen molar-refractivity contribution in [2.45, 2.75) is 33.1 Å². The first-order chi connectivity index (χ1) is 11.8. The van der Waals surface area contributed by atoms with Crippen molar-refractivity contribution in [2.24, 2.45) is 5.84 Å². The Labute approximate surface area is 151 Å². The number of aromatic nitrogens is 1. The molecule has 0 radical (unpaired) electrons. The number of benzene rings is 2. The summed E-state index contributed by atoms with van der Waals surface area (Å²) in [5, 5.41) is 3.62. The maximum atomic E-state index is 12.5. The summed E-state index contributed by atoms with van der Waals surface area (Å²) in [5.74, 6) is 5.31. The van der Waals surface area contributed by atoms with Gasteiger partial charge in [0.2, 0.25) is 0 Å². The first-order valence-electron chi connectivity index (χ1n) is 8.07. The second kappa shape index (κ2) is 6.46. The Morgan fingerprint density at radius 1 is 1.16 bits per heavy atom. The SMILES string of the molecule is Cc1cc(NC(=O)c2ccc(C(C)(C)C)cc2)cc2sc(NN)nc12. The third-order valence-electron chi connectivity index (χ3n) is 4.08. The standard InChI is InChI=1S/C19H22N4OS/c1-11-9-14(10-15-16(11)22-18(23-20)25-15)21-17(24)12-5-7-13(8-6-12)19(2,3)4/h5-10H,20H2,1-4H3,(H,21,24)(H,22,23). The minimum atomic E-state index is -0.124. The van der Waals surface area contributed by atoms with Gasteiger partial charge in [0.15, 0.2) is 5.13 Å². The van der Waals surface area contributed by atoms with Crippen LogP contribution in [-0.4, -0.2) is 10.9 Å². The van der Waals surface area contributed by atoms with Gasteiger partial charge in [-0.3, -0.25) is 10.2 Å². The zero-order chi connectivity index (χ0) is 18.2. The number of nitrogens with two attached hydrogens (primary N) is 1. The number of rotatable bonds is 3. The lowest BCUT2D eigenvalue weighted by Gasteiger charge is -2.19. The second-order valence-electron chi connectivity index (χ2n) is 7.08. The van der Waals surface area contributed by atoms with Crippen molar-refractivity contribution < 1.29 is 4.79 Å². The first-order valence-corrected chi connectivity index (χ1v) is 8.89. The zero-order valence-corrected chi connectivity index (χ0v) is 15.6. The van der Waals surface area contributed by atoms with Gasteiger partial charge in [0.25, 0.3) is 5.91 Å². The summed E-state index contributed by atoms with van der Waals surface area (Å²) < 4.78 is 0.978. The Balaban J connectivity index is 1.84. The Bertz CT molecular complexity index is 923. The number of aryl methyl sites for hydroxylation is 1. The molecule has 25 heavy (non-hydrogen) atoms. The van der Waals surface area contributed by atoms with E-state index in [4.69, 9.17) is 5.84 Å². The molecule has 6 heteroatoms. The van der Waals surface area contributed by atoms with Gasteiger partial charge in [-0.2, -0.15) is 0 Å². The molecule has 0 atom stereocenters.